The SMILES string of the molecule is CC(O)(CCc1ccccc1)CNC(=O)C1CCC1. The smallest absolute Gasteiger partial charge is 0.223 e. The average Bonchev–Trinajstić information content (AvgIpc) is 2.34. The van der Waals surface area contributed by atoms with Gasteiger partial charge in [0.15, 0.2) is 0 Å². The third-order valence-corrected chi connectivity index (χ3v) is 3.91. The van der Waals surface area contributed by atoms with Crippen LogP contribution in [0.3, 0.4) is 0 Å². The molecule has 0 radical (unpaired) electrons. The Hall–Kier alpha value is -1.35. The van der Waals surface area contributed by atoms with E-state index in [1.54, 1.807) is 6.92 Å². The van der Waals surface area contributed by atoms with E-state index in [0.717, 1.165) is 25.7 Å². The molecule has 1 amide bonds. The van der Waals surface area contributed by atoms with Crippen molar-refractivity contribution in [2.45, 2.75) is 44.6 Å². The lowest BCUT2D eigenvalue weighted by molar-refractivity contribution is -0.128. The molecular formula is C16H23NO2. The average molecular weight is 261 g/mol. The minimum Gasteiger partial charge on any atom is -0.388 e. The van der Waals surface area contributed by atoms with E-state index in [2.05, 4.69) is 17.4 Å². The zero-order chi connectivity index (χ0) is 13.7. The molecule has 1 fully saturated rings. The number of amides is 1. The first-order valence-corrected chi connectivity index (χ1v) is 7.11. The molecule has 1 saturated carbocycles. The highest BCUT2D eigenvalue weighted by atomic mass is 16.3. The number of aryl methyl sites for hydroxylation is 1. The van der Waals surface area contributed by atoms with Crippen LogP contribution in [0.25, 0.3) is 0 Å². The van der Waals surface area contributed by atoms with E-state index in [1.807, 2.05) is 18.2 Å². The van der Waals surface area contributed by atoms with E-state index >= 15 is 0 Å². The van der Waals surface area contributed by atoms with E-state index in [-0.39, 0.29) is 11.8 Å². The van der Waals surface area contributed by atoms with Crippen molar-refractivity contribution in [3.05, 3.63) is 35.9 Å². The summed E-state index contributed by atoms with van der Waals surface area (Å²) >= 11 is 0. The van der Waals surface area contributed by atoms with E-state index in [1.165, 1.54) is 5.56 Å². The lowest BCUT2D eigenvalue weighted by Crippen LogP contribution is -2.44. The molecule has 3 heteroatoms. The van der Waals surface area contributed by atoms with Gasteiger partial charge in [-0.3, -0.25) is 4.79 Å². The Balaban J connectivity index is 1.73. The zero-order valence-electron chi connectivity index (χ0n) is 11.6. The number of hydrogen-bond acceptors (Lipinski definition) is 2. The van der Waals surface area contributed by atoms with Gasteiger partial charge in [0.1, 0.15) is 0 Å². The molecule has 0 heterocycles. The minimum atomic E-state index is -0.838. The molecule has 1 aromatic rings. The number of carbonyl (C=O) groups excluding carboxylic acids is 1. The highest BCUT2D eigenvalue weighted by Crippen LogP contribution is 2.26. The van der Waals surface area contributed by atoms with Crippen molar-refractivity contribution in [1.82, 2.24) is 5.32 Å². The predicted molar refractivity (Wildman–Crippen MR) is 75.7 cm³/mol. The maximum absolute atomic E-state index is 11.7. The number of hydrogen-bond donors (Lipinski definition) is 2. The third kappa shape index (κ3) is 4.35. The summed E-state index contributed by atoms with van der Waals surface area (Å²) in [6.07, 6.45) is 4.63. The quantitative estimate of drug-likeness (QED) is 0.825. The van der Waals surface area contributed by atoms with Crippen molar-refractivity contribution in [2.24, 2.45) is 5.92 Å². The standard InChI is InChI=1S/C16H23NO2/c1-16(19,11-10-13-6-3-2-4-7-13)12-17-15(18)14-8-5-9-14/h2-4,6-7,14,19H,5,8-12H2,1H3,(H,17,18). The highest BCUT2D eigenvalue weighted by Gasteiger charge is 2.27. The van der Waals surface area contributed by atoms with Crippen molar-refractivity contribution in [3.63, 3.8) is 0 Å². The highest BCUT2D eigenvalue weighted by molar-refractivity contribution is 5.79. The van der Waals surface area contributed by atoms with Crippen LogP contribution < -0.4 is 5.32 Å². The first-order chi connectivity index (χ1) is 9.07. The fourth-order valence-corrected chi connectivity index (χ4v) is 2.24. The van der Waals surface area contributed by atoms with Crippen molar-refractivity contribution >= 4 is 5.91 Å². The zero-order valence-corrected chi connectivity index (χ0v) is 11.6. The van der Waals surface area contributed by atoms with Crippen LogP contribution in [-0.4, -0.2) is 23.2 Å². The van der Waals surface area contributed by atoms with Gasteiger partial charge >= 0.3 is 0 Å². The molecule has 0 aromatic heterocycles. The van der Waals surface area contributed by atoms with Gasteiger partial charge in [-0.05, 0) is 38.2 Å². The van der Waals surface area contributed by atoms with E-state index in [4.69, 9.17) is 0 Å². The van der Waals surface area contributed by atoms with Crippen molar-refractivity contribution in [2.75, 3.05) is 6.54 Å². The Labute approximate surface area is 115 Å². The van der Waals surface area contributed by atoms with Crippen molar-refractivity contribution in [3.8, 4) is 0 Å². The summed E-state index contributed by atoms with van der Waals surface area (Å²) < 4.78 is 0. The summed E-state index contributed by atoms with van der Waals surface area (Å²) in [6.45, 7) is 2.13. The molecule has 0 aliphatic heterocycles. The predicted octanol–water partition coefficient (Wildman–Crippen LogP) is 2.29. The van der Waals surface area contributed by atoms with Gasteiger partial charge in [0.2, 0.25) is 5.91 Å². The summed E-state index contributed by atoms with van der Waals surface area (Å²) in [5.74, 6) is 0.288. The molecule has 2 rings (SSSR count). The van der Waals surface area contributed by atoms with Crippen LogP contribution >= 0.6 is 0 Å². The molecule has 19 heavy (non-hydrogen) atoms. The molecular weight excluding hydrogens is 238 g/mol. The Morgan fingerprint density at radius 1 is 1.37 bits per heavy atom. The Morgan fingerprint density at radius 2 is 2.05 bits per heavy atom. The second kappa shape index (κ2) is 6.20. The van der Waals surface area contributed by atoms with Crippen LogP contribution in [0.15, 0.2) is 30.3 Å². The maximum Gasteiger partial charge on any atom is 0.223 e. The van der Waals surface area contributed by atoms with Gasteiger partial charge < -0.3 is 10.4 Å². The Morgan fingerprint density at radius 3 is 2.63 bits per heavy atom. The molecule has 1 aliphatic carbocycles. The number of rotatable bonds is 6. The van der Waals surface area contributed by atoms with Gasteiger partial charge in [-0.2, -0.15) is 0 Å². The summed E-state index contributed by atoms with van der Waals surface area (Å²) in [5, 5.41) is 13.2. The van der Waals surface area contributed by atoms with E-state index in [0.29, 0.717) is 13.0 Å². The van der Waals surface area contributed by atoms with Crippen LogP contribution in [0.4, 0.5) is 0 Å². The van der Waals surface area contributed by atoms with Crippen LogP contribution in [0.5, 0.6) is 0 Å². The number of nitrogens with one attached hydrogen (secondary N) is 1. The molecule has 0 bridgehead atoms. The number of aliphatic hydroxyl groups is 1. The molecule has 2 N–H and O–H groups in total. The normalized spacial score (nSPS) is 18.4. The topological polar surface area (TPSA) is 49.3 Å². The van der Waals surface area contributed by atoms with Crippen molar-refractivity contribution < 1.29 is 9.90 Å². The van der Waals surface area contributed by atoms with E-state index < -0.39 is 5.60 Å². The first kappa shape index (κ1) is 14.1. The van der Waals surface area contributed by atoms with Gasteiger partial charge in [0, 0.05) is 12.5 Å². The molecule has 0 spiro atoms. The summed E-state index contributed by atoms with van der Waals surface area (Å²) in [6, 6.07) is 10.1. The molecule has 3 nitrogen and oxygen atoms in total. The van der Waals surface area contributed by atoms with Crippen LogP contribution in [0.1, 0.15) is 38.2 Å². The number of carbonyl (C=O) groups is 1. The second-order valence-electron chi connectivity index (χ2n) is 5.83. The minimum absolute atomic E-state index is 0.103. The number of benzene rings is 1. The van der Waals surface area contributed by atoms with Gasteiger partial charge in [-0.15, -0.1) is 0 Å². The van der Waals surface area contributed by atoms with Gasteiger partial charge in [0.05, 0.1) is 5.60 Å². The van der Waals surface area contributed by atoms with Crippen LogP contribution in [-0.2, 0) is 11.2 Å². The fraction of sp³-hybridized carbons (Fsp3) is 0.562. The molecule has 1 unspecified atom stereocenters. The van der Waals surface area contributed by atoms with Crippen molar-refractivity contribution in [1.29, 1.82) is 0 Å². The Kier molecular flexibility index (Phi) is 4.59. The second-order valence-corrected chi connectivity index (χ2v) is 5.83. The van der Waals surface area contributed by atoms with E-state index in [9.17, 15) is 9.90 Å². The Bertz CT molecular complexity index is 410. The maximum atomic E-state index is 11.7. The monoisotopic (exact) mass is 261 g/mol. The fourth-order valence-electron chi connectivity index (χ4n) is 2.24. The molecule has 104 valence electrons. The van der Waals surface area contributed by atoms with Gasteiger partial charge in [-0.25, -0.2) is 0 Å². The lowest BCUT2D eigenvalue weighted by Gasteiger charge is -2.28. The molecule has 0 saturated heterocycles. The third-order valence-electron chi connectivity index (χ3n) is 3.91. The molecule has 1 aliphatic rings. The van der Waals surface area contributed by atoms with Crippen LogP contribution in [0, 0.1) is 5.92 Å². The van der Waals surface area contributed by atoms with Gasteiger partial charge in [0.25, 0.3) is 0 Å². The molecule has 1 aromatic carbocycles. The van der Waals surface area contributed by atoms with Gasteiger partial charge in [-0.1, -0.05) is 36.8 Å². The summed E-state index contributed by atoms with van der Waals surface area (Å²) in [5.41, 5.74) is 0.378. The lowest BCUT2D eigenvalue weighted by atomic mass is 9.84. The largest absolute Gasteiger partial charge is 0.388 e. The molecule has 1 atom stereocenters. The first-order valence-electron chi connectivity index (χ1n) is 7.11. The van der Waals surface area contributed by atoms with Crippen LogP contribution in [0.2, 0.25) is 0 Å². The summed E-state index contributed by atoms with van der Waals surface area (Å²) in [7, 11) is 0. The summed E-state index contributed by atoms with van der Waals surface area (Å²) in [4.78, 5) is 11.7.